The second-order valence-corrected chi connectivity index (χ2v) is 5.45. The van der Waals surface area contributed by atoms with Crippen molar-refractivity contribution < 1.29 is 1.37 Å². The van der Waals surface area contributed by atoms with Gasteiger partial charge in [-0.15, -0.1) is 0 Å². The maximum atomic E-state index is 8.28. The van der Waals surface area contributed by atoms with E-state index >= 15 is 0 Å². The van der Waals surface area contributed by atoms with Crippen LogP contribution >= 0.6 is 0 Å². The van der Waals surface area contributed by atoms with Gasteiger partial charge in [-0.1, -0.05) is 78.4 Å². The molecule has 1 aliphatic rings. The summed E-state index contributed by atoms with van der Waals surface area (Å²) in [6.45, 7) is 2.00. The van der Waals surface area contributed by atoms with Gasteiger partial charge in [-0.2, -0.15) is 0 Å². The average Bonchev–Trinajstić information content (AvgIpc) is 2.95. The van der Waals surface area contributed by atoms with Crippen LogP contribution in [0.15, 0.2) is 66.7 Å². The molecule has 0 saturated heterocycles. The topological polar surface area (TPSA) is 0 Å². The van der Waals surface area contributed by atoms with E-state index in [4.69, 9.17) is 1.37 Å². The van der Waals surface area contributed by atoms with Crippen LogP contribution in [0.2, 0.25) is 0 Å². The molecule has 0 heterocycles. The lowest BCUT2D eigenvalue weighted by molar-refractivity contribution is 1.05. The zero-order valence-electron chi connectivity index (χ0n) is 12.4. The molecule has 0 saturated carbocycles. The predicted octanol–water partition coefficient (Wildman–Crippen LogP) is 5.31. The molecule has 3 aromatic carbocycles. The molecule has 0 aliphatic heterocycles. The molecule has 0 fully saturated rings. The van der Waals surface area contributed by atoms with E-state index in [1.54, 1.807) is 0 Å². The molecular formula is C20H16. The Hall–Kier alpha value is -2.34. The van der Waals surface area contributed by atoms with Crippen molar-refractivity contribution in [1.82, 2.24) is 0 Å². The minimum Gasteiger partial charge on any atom is -0.0720 e. The van der Waals surface area contributed by atoms with Gasteiger partial charge in [0.1, 0.15) is 0 Å². The third-order valence-corrected chi connectivity index (χ3v) is 4.08. The second kappa shape index (κ2) is 4.35. The highest BCUT2D eigenvalue weighted by atomic mass is 14.2. The number of allylic oxidation sites excluding steroid dienone is 1. The van der Waals surface area contributed by atoms with Crippen molar-refractivity contribution in [2.24, 2.45) is 0 Å². The van der Waals surface area contributed by atoms with Crippen LogP contribution in [0.1, 0.15) is 29.5 Å². The summed E-state index contributed by atoms with van der Waals surface area (Å²) in [6, 6.07) is 19.8. The molecule has 96 valence electrons. The van der Waals surface area contributed by atoms with Gasteiger partial charge in [0.2, 0.25) is 0 Å². The highest BCUT2D eigenvalue weighted by Crippen LogP contribution is 2.36. The summed E-state index contributed by atoms with van der Waals surface area (Å²) in [5, 5.41) is 2.19. The summed E-state index contributed by atoms with van der Waals surface area (Å²) in [5.41, 5.74) is 4.96. The fourth-order valence-electron chi connectivity index (χ4n) is 3.03. The first-order valence-corrected chi connectivity index (χ1v) is 7.01. The first kappa shape index (κ1) is 10.4. The molecule has 0 aromatic heterocycles. The monoisotopic (exact) mass is 257 g/mol. The van der Waals surface area contributed by atoms with Crippen LogP contribution in [0.25, 0.3) is 16.8 Å². The summed E-state index contributed by atoms with van der Waals surface area (Å²) in [7, 11) is 0. The number of aryl methyl sites for hydroxylation is 1. The van der Waals surface area contributed by atoms with Crippen LogP contribution in [0.4, 0.5) is 0 Å². The van der Waals surface area contributed by atoms with E-state index in [-0.39, 0.29) is 0 Å². The van der Waals surface area contributed by atoms with Crippen LogP contribution in [-0.4, -0.2) is 0 Å². The molecule has 4 rings (SSSR count). The number of hydrogen-bond donors (Lipinski definition) is 0. The predicted molar refractivity (Wildman–Crippen MR) is 86.0 cm³/mol. The van der Waals surface area contributed by atoms with Crippen molar-refractivity contribution in [3.8, 4) is 0 Å². The largest absolute Gasteiger partial charge is 0.0720 e. The van der Waals surface area contributed by atoms with Crippen molar-refractivity contribution in [3.63, 3.8) is 0 Å². The maximum Gasteiger partial charge on any atom is 0.0632 e. The Balaban J connectivity index is 1.89. The van der Waals surface area contributed by atoms with Gasteiger partial charge in [-0.25, -0.2) is 0 Å². The Morgan fingerprint density at radius 3 is 2.75 bits per heavy atom. The van der Waals surface area contributed by atoms with Crippen LogP contribution in [0, 0.1) is 6.92 Å². The zero-order valence-corrected chi connectivity index (χ0v) is 11.4. The minimum absolute atomic E-state index is 0.311. The van der Waals surface area contributed by atoms with E-state index in [2.05, 4.69) is 60.7 Å². The molecule has 0 spiro atoms. The summed E-state index contributed by atoms with van der Waals surface area (Å²) >= 11 is 0. The molecule has 3 aromatic rings. The lowest BCUT2D eigenvalue weighted by Gasteiger charge is -2.12. The van der Waals surface area contributed by atoms with Gasteiger partial charge in [0.05, 0.1) is 1.37 Å². The standard InChI is InChI=1S/C20H16/c1-14-6-7-15-8-9-17(13-18(15)12-14)20-11-10-16-4-2-3-5-19(16)20/h2-13,20H,1H3/i12D. The normalized spacial score (nSPS) is 17.2. The fraction of sp³-hybridized carbons (Fsp3) is 0.100. The lowest BCUT2D eigenvalue weighted by atomic mass is 9.91. The third-order valence-electron chi connectivity index (χ3n) is 4.08. The van der Waals surface area contributed by atoms with E-state index in [0.29, 0.717) is 12.0 Å². The number of rotatable bonds is 1. The first-order valence-electron chi connectivity index (χ1n) is 7.51. The molecule has 0 nitrogen and oxygen atoms in total. The van der Waals surface area contributed by atoms with Crippen molar-refractivity contribution >= 4 is 16.8 Å². The number of fused-ring (bicyclic) bond motifs is 2. The highest BCUT2D eigenvalue weighted by Gasteiger charge is 2.18. The Bertz CT molecular complexity index is 874. The molecule has 0 heteroatoms. The van der Waals surface area contributed by atoms with Gasteiger partial charge < -0.3 is 0 Å². The van der Waals surface area contributed by atoms with Gasteiger partial charge in [0.25, 0.3) is 0 Å². The number of hydrogen-bond acceptors (Lipinski definition) is 0. The van der Waals surface area contributed by atoms with Crippen molar-refractivity contribution in [2.75, 3.05) is 0 Å². The average molecular weight is 257 g/mol. The van der Waals surface area contributed by atoms with Gasteiger partial charge in [-0.3, -0.25) is 0 Å². The molecule has 0 radical (unpaired) electrons. The molecular weight excluding hydrogens is 240 g/mol. The summed E-state index contributed by atoms with van der Waals surface area (Å²) in [6.07, 6.45) is 4.45. The molecule has 0 bridgehead atoms. The summed E-state index contributed by atoms with van der Waals surface area (Å²) < 4.78 is 8.28. The fourth-order valence-corrected chi connectivity index (χ4v) is 3.03. The van der Waals surface area contributed by atoms with E-state index in [9.17, 15) is 0 Å². The van der Waals surface area contributed by atoms with Gasteiger partial charge in [-0.05, 0) is 34.4 Å². The first-order chi connectivity index (χ1) is 10.2. The smallest absolute Gasteiger partial charge is 0.0632 e. The molecule has 1 aliphatic carbocycles. The lowest BCUT2D eigenvalue weighted by Crippen LogP contribution is -1.95. The Morgan fingerprint density at radius 1 is 0.950 bits per heavy atom. The Morgan fingerprint density at radius 2 is 1.80 bits per heavy atom. The van der Waals surface area contributed by atoms with Gasteiger partial charge in [0, 0.05) is 5.92 Å². The molecule has 1 unspecified atom stereocenters. The van der Waals surface area contributed by atoms with Gasteiger partial charge >= 0.3 is 0 Å². The van der Waals surface area contributed by atoms with Crippen LogP contribution in [0.3, 0.4) is 0 Å². The van der Waals surface area contributed by atoms with Crippen LogP contribution in [0.5, 0.6) is 0 Å². The third kappa shape index (κ3) is 1.77. The SMILES string of the molecule is [2H]c1c(C)ccc2ccc(C3C=Cc4ccccc43)cc12. The Labute approximate surface area is 120 Å². The second-order valence-electron chi connectivity index (χ2n) is 5.45. The van der Waals surface area contributed by atoms with E-state index in [1.165, 1.54) is 16.7 Å². The van der Waals surface area contributed by atoms with E-state index in [0.717, 1.165) is 16.3 Å². The summed E-state index contributed by atoms with van der Waals surface area (Å²) in [5.74, 6) is 0.311. The maximum absolute atomic E-state index is 8.28. The minimum atomic E-state index is 0.311. The van der Waals surface area contributed by atoms with Crippen molar-refractivity contribution in [2.45, 2.75) is 12.8 Å². The van der Waals surface area contributed by atoms with Crippen molar-refractivity contribution in [3.05, 3.63) is 89.0 Å². The van der Waals surface area contributed by atoms with E-state index in [1.807, 2.05) is 13.0 Å². The quantitative estimate of drug-likeness (QED) is 0.554. The van der Waals surface area contributed by atoms with E-state index < -0.39 is 0 Å². The molecule has 0 amide bonds. The molecule has 0 N–H and O–H groups in total. The summed E-state index contributed by atoms with van der Waals surface area (Å²) in [4.78, 5) is 0. The highest BCUT2D eigenvalue weighted by molar-refractivity contribution is 5.84. The van der Waals surface area contributed by atoms with Crippen LogP contribution in [-0.2, 0) is 0 Å². The van der Waals surface area contributed by atoms with Crippen LogP contribution < -0.4 is 0 Å². The molecule has 1 atom stereocenters. The zero-order chi connectivity index (χ0) is 14.4. The number of benzene rings is 3. The van der Waals surface area contributed by atoms with Crippen molar-refractivity contribution in [1.29, 1.82) is 0 Å². The Kier molecular flexibility index (Phi) is 2.27. The molecule has 20 heavy (non-hydrogen) atoms. The van der Waals surface area contributed by atoms with Gasteiger partial charge in [0.15, 0.2) is 0 Å².